The summed E-state index contributed by atoms with van der Waals surface area (Å²) >= 11 is 0. The number of carbonyl (C=O) groups is 1. The second-order valence-electron chi connectivity index (χ2n) is 6.58. The number of aryl methyl sites for hydroxylation is 1. The Balaban J connectivity index is 1.37. The molecule has 2 amide bonds. The molecule has 1 unspecified atom stereocenters. The van der Waals surface area contributed by atoms with Crippen molar-refractivity contribution in [2.75, 3.05) is 18.4 Å². The van der Waals surface area contributed by atoms with Crippen LogP contribution in [0.1, 0.15) is 42.5 Å². The Bertz CT molecular complexity index is 704. The molecule has 1 aromatic carbocycles. The van der Waals surface area contributed by atoms with E-state index in [-0.39, 0.29) is 12.1 Å². The van der Waals surface area contributed by atoms with Crippen molar-refractivity contribution in [1.82, 2.24) is 19.9 Å². The smallest absolute Gasteiger partial charge is 0.321 e. The number of hydrogen-bond acceptors (Lipinski definition) is 3. The molecule has 0 radical (unpaired) electrons. The molecule has 6 heteroatoms. The van der Waals surface area contributed by atoms with Gasteiger partial charge in [0.15, 0.2) is 0 Å². The topological polar surface area (TPSA) is 63.1 Å². The second kappa shape index (κ2) is 5.68. The van der Waals surface area contributed by atoms with Gasteiger partial charge in [-0.05, 0) is 38.3 Å². The van der Waals surface area contributed by atoms with Gasteiger partial charge in [0.25, 0.3) is 0 Å². The Morgan fingerprint density at radius 1 is 1.22 bits per heavy atom. The number of anilines is 1. The van der Waals surface area contributed by atoms with Crippen molar-refractivity contribution in [3.8, 4) is 0 Å². The molecule has 1 aliphatic heterocycles. The van der Waals surface area contributed by atoms with Crippen molar-refractivity contribution in [2.24, 2.45) is 0 Å². The van der Waals surface area contributed by atoms with Gasteiger partial charge in [-0.2, -0.15) is 0 Å². The average Bonchev–Trinajstić information content (AvgIpc) is 3.09. The van der Waals surface area contributed by atoms with Crippen LogP contribution in [0.4, 0.5) is 10.5 Å². The van der Waals surface area contributed by atoms with E-state index in [9.17, 15) is 4.79 Å². The minimum Gasteiger partial charge on any atom is -0.322 e. The van der Waals surface area contributed by atoms with Crippen LogP contribution >= 0.6 is 0 Å². The minimum absolute atomic E-state index is 0.0427. The summed E-state index contributed by atoms with van der Waals surface area (Å²) in [6.07, 6.45) is 5.45. The number of benzene rings is 1. The second-order valence-corrected chi connectivity index (χ2v) is 6.58. The fraction of sp³-hybridized carbons (Fsp3) is 0.471. The van der Waals surface area contributed by atoms with Gasteiger partial charge in [0.05, 0.1) is 11.7 Å². The monoisotopic (exact) mass is 311 g/mol. The van der Waals surface area contributed by atoms with Crippen LogP contribution < -0.4 is 5.32 Å². The number of likely N-dealkylation sites (tertiary alicyclic amines) is 1. The molecule has 6 nitrogen and oxygen atoms in total. The fourth-order valence-electron chi connectivity index (χ4n) is 3.02. The lowest BCUT2D eigenvalue weighted by Crippen LogP contribution is -2.33. The normalized spacial score (nSPS) is 20.7. The predicted molar refractivity (Wildman–Crippen MR) is 87.4 cm³/mol. The Hall–Kier alpha value is -2.37. The van der Waals surface area contributed by atoms with Crippen molar-refractivity contribution in [3.63, 3.8) is 0 Å². The van der Waals surface area contributed by atoms with E-state index in [2.05, 4.69) is 21.8 Å². The number of amides is 2. The van der Waals surface area contributed by atoms with Crippen LogP contribution in [0.3, 0.4) is 0 Å². The molecule has 0 spiro atoms. The Morgan fingerprint density at radius 3 is 2.74 bits per heavy atom. The molecule has 1 saturated heterocycles. The first-order valence-electron chi connectivity index (χ1n) is 8.23. The quantitative estimate of drug-likeness (QED) is 0.948. The number of carbonyl (C=O) groups excluding carboxylic acids is 1. The molecule has 1 aliphatic carbocycles. The third-order valence-electron chi connectivity index (χ3n) is 4.65. The molecule has 0 bridgehead atoms. The molecule has 4 rings (SSSR count). The molecule has 2 aromatic rings. The first kappa shape index (κ1) is 14.2. The zero-order valence-corrected chi connectivity index (χ0v) is 13.3. The molecule has 23 heavy (non-hydrogen) atoms. The van der Waals surface area contributed by atoms with Crippen molar-refractivity contribution >= 4 is 11.7 Å². The maximum Gasteiger partial charge on any atom is 0.321 e. The number of urea groups is 1. The number of nitrogens with one attached hydrogen (secondary N) is 1. The van der Waals surface area contributed by atoms with Crippen molar-refractivity contribution in [3.05, 3.63) is 41.7 Å². The van der Waals surface area contributed by atoms with Gasteiger partial charge in [-0.15, -0.1) is 5.10 Å². The van der Waals surface area contributed by atoms with Crippen LogP contribution in [-0.4, -0.2) is 39.0 Å². The highest BCUT2D eigenvalue weighted by atomic mass is 16.2. The van der Waals surface area contributed by atoms with Crippen LogP contribution in [-0.2, 0) is 0 Å². The molecule has 1 N–H and O–H groups in total. The number of hydrogen-bond donors (Lipinski definition) is 1. The summed E-state index contributed by atoms with van der Waals surface area (Å²) < 4.78 is 1.94. The Kier molecular flexibility index (Phi) is 3.52. The van der Waals surface area contributed by atoms with Crippen LogP contribution in [0.25, 0.3) is 0 Å². The van der Waals surface area contributed by atoms with Gasteiger partial charge in [0.2, 0.25) is 0 Å². The van der Waals surface area contributed by atoms with Crippen molar-refractivity contribution in [1.29, 1.82) is 0 Å². The zero-order valence-electron chi connectivity index (χ0n) is 13.3. The Morgan fingerprint density at radius 2 is 2.00 bits per heavy atom. The van der Waals surface area contributed by atoms with E-state index in [1.165, 1.54) is 18.4 Å². The largest absolute Gasteiger partial charge is 0.322 e. The van der Waals surface area contributed by atoms with Gasteiger partial charge in [0, 0.05) is 30.9 Å². The highest BCUT2D eigenvalue weighted by Crippen LogP contribution is 2.39. The summed E-state index contributed by atoms with van der Waals surface area (Å²) in [6, 6.07) is 8.05. The number of rotatable bonds is 3. The summed E-state index contributed by atoms with van der Waals surface area (Å²) in [5, 5.41) is 11.5. The van der Waals surface area contributed by atoms with Crippen LogP contribution in [0.5, 0.6) is 0 Å². The summed E-state index contributed by atoms with van der Waals surface area (Å²) in [4.78, 5) is 14.2. The first-order chi connectivity index (χ1) is 11.2. The summed E-state index contributed by atoms with van der Waals surface area (Å²) in [5.41, 5.74) is 3.12. The van der Waals surface area contributed by atoms with E-state index in [1.807, 2.05) is 40.8 Å². The molecule has 120 valence electrons. The van der Waals surface area contributed by atoms with E-state index in [4.69, 9.17) is 0 Å². The van der Waals surface area contributed by atoms with E-state index in [0.717, 1.165) is 24.3 Å². The SMILES string of the molecule is Cc1ccc(NC(=O)N2CCC(n3cc(C4CC4)nn3)C2)cc1. The highest BCUT2D eigenvalue weighted by Gasteiger charge is 2.31. The maximum atomic E-state index is 12.4. The van der Waals surface area contributed by atoms with E-state index in [1.54, 1.807) is 0 Å². The van der Waals surface area contributed by atoms with Crippen molar-refractivity contribution < 1.29 is 4.79 Å². The molecule has 2 heterocycles. The van der Waals surface area contributed by atoms with Gasteiger partial charge >= 0.3 is 6.03 Å². The van der Waals surface area contributed by atoms with Gasteiger partial charge < -0.3 is 10.2 Å². The van der Waals surface area contributed by atoms with Gasteiger partial charge in [0.1, 0.15) is 0 Å². The van der Waals surface area contributed by atoms with Gasteiger partial charge in [-0.25, -0.2) is 9.48 Å². The summed E-state index contributed by atoms with van der Waals surface area (Å²) in [7, 11) is 0. The van der Waals surface area contributed by atoms with Crippen LogP contribution in [0.15, 0.2) is 30.5 Å². The minimum atomic E-state index is -0.0427. The Labute approximate surface area is 135 Å². The molecular formula is C17H21N5O. The van der Waals surface area contributed by atoms with Crippen molar-refractivity contribution in [2.45, 2.75) is 38.1 Å². The third-order valence-corrected chi connectivity index (χ3v) is 4.65. The molecule has 2 fully saturated rings. The molecule has 2 aliphatic rings. The third kappa shape index (κ3) is 3.06. The predicted octanol–water partition coefficient (Wildman–Crippen LogP) is 2.94. The summed E-state index contributed by atoms with van der Waals surface area (Å²) in [6.45, 7) is 3.47. The molecule has 1 atom stereocenters. The zero-order chi connectivity index (χ0) is 15.8. The maximum absolute atomic E-state index is 12.4. The summed E-state index contributed by atoms with van der Waals surface area (Å²) in [5.74, 6) is 0.617. The first-order valence-corrected chi connectivity index (χ1v) is 8.23. The standard InChI is InChI=1S/C17H21N5O/c1-12-2-6-14(7-3-12)18-17(23)21-9-8-15(10-21)22-11-16(19-20-22)13-4-5-13/h2-3,6-7,11,13,15H,4-5,8-10H2,1H3,(H,18,23). The molecular weight excluding hydrogens is 290 g/mol. The van der Waals surface area contributed by atoms with Gasteiger partial charge in [-0.3, -0.25) is 0 Å². The fourth-order valence-corrected chi connectivity index (χ4v) is 3.02. The van der Waals surface area contributed by atoms with Crippen LogP contribution in [0, 0.1) is 6.92 Å². The number of nitrogens with zero attached hydrogens (tertiary/aromatic N) is 4. The molecule has 1 saturated carbocycles. The lowest BCUT2D eigenvalue weighted by molar-refractivity contribution is 0.220. The average molecular weight is 311 g/mol. The van der Waals surface area contributed by atoms with E-state index >= 15 is 0 Å². The molecule has 1 aromatic heterocycles. The van der Waals surface area contributed by atoms with E-state index in [0.29, 0.717) is 12.5 Å². The lowest BCUT2D eigenvalue weighted by atomic mass is 10.2. The highest BCUT2D eigenvalue weighted by molar-refractivity contribution is 5.89. The van der Waals surface area contributed by atoms with Crippen LogP contribution in [0.2, 0.25) is 0 Å². The van der Waals surface area contributed by atoms with E-state index < -0.39 is 0 Å². The van der Waals surface area contributed by atoms with Gasteiger partial charge in [-0.1, -0.05) is 22.9 Å². The number of aromatic nitrogens is 3. The lowest BCUT2D eigenvalue weighted by Gasteiger charge is -2.17.